The second-order valence-corrected chi connectivity index (χ2v) is 6.97. The fraction of sp³-hybridized carbons (Fsp3) is 0.529. The van der Waals surface area contributed by atoms with Crippen molar-refractivity contribution in [3.63, 3.8) is 0 Å². The third-order valence-corrected chi connectivity index (χ3v) is 5.06. The number of hydrogen-bond acceptors (Lipinski definition) is 3. The van der Waals surface area contributed by atoms with E-state index in [1.165, 1.54) is 0 Å². The molecule has 1 aliphatic rings. The molecule has 0 saturated carbocycles. The molecule has 1 saturated heterocycles. The van der Waals surface area contributed by atoms with Crippen LogP contribution in [0.1, 0.15) is 30.1 Å². The number of carbonyl (C=O) groups is 2. The Morgan fingerprint density at radius 1 is 1.32 bits per heavy atom. The molecule has 2 rings (SSSR count). The van der Waals surface area contributed by atoms with Gasteiger partial charge in [-0.2, -0.15) is 0 Å². The van der Waals surface area contributed by atoms with Crippen molar-refractivity contribution in [3.05, 3.63) is 33.8 Å². The highest BCUT2D eigenvalue weighted by atomic mass is 35.5. The molecule has 0 aliphatic carbocycles. The van der Waals surface area contributed by atoms with Gasteiger partial charge in [0.25, 0.3) is 5.91 Å². The van der Waals surface area contributed by atoms with Crippen LogP contribution in [0.15, 0.2) is 18.2 Å². The number of rotatable bonds is 5. The van der Waals surface area contributed by atoms with Gasteiger partial charge in [0.05, 0.1) is 16.0 Å². The van der Waals surface area contributed by atoms with E-state index in [0.29, 0.717) is 35.2 Å². The molecule has 2 N–H and O–H groups in total. The molecule has 1 fully saturated rings. The first-order chi connectivity index (χ1) is 11.4. The number of piperidine rings is 1. The summed E-state index contributed by atoms with van der Waals surface area (Å²) in [7, 11) is 1.86. The van der Waals surface area contributed by atoms with Gasteiger partial charge in [-0.3, -0.25) is 9.59 Å². The molecule has 25 heavy (non-hydrogen) atoms. The van der Waals surface area contributed by atoms with Crippen LogP contribution in [0.3, 0.4) is 0 Å². The van der Waals surface area contributed by atoms with Gasteiger partial charge in [-0.05, 0) is 45.0 Å². The summed E-state index contributed by atoms with van der Waals surface area (Å²) in [6.07, 6.45) is 1.61. The van der Waals surface area contributed by atoms with Gasteiger partial charge in [0.15, 0.2) is 0 Å². The number of carbonyl (C=O) groups excluding carboxylic acids is 2. The second kappa shape index (κ2) is 10.2. The lowest BCUT2D eigenvalue weighted by atomic mass is 9.96. The lowest BCUT2D eigenvalue weighted by Gasteiger charge is -2.32. The van der Waals surface area contributed by atoms with E-state index in [1.807, 2.05) is 14.0 Å². The molecule has 2 unspecified atom stereocenters. The van der Waals surface area contributed by atoms with Gasteiger partial charge in [-0.25, -0.2) is 0 Å². The van der Waals surface area contributed by atoms with Crippen molar-refractivity contribution in [2.75, 3.05) is 26.7 Å². The van der Waals surface area contributed by atoms with Crippen LogP contribution in [-0.4, -0.2) is 49.4 Å². The molecular formula is C17H24Cl3N3O2. The molecule has 0 aromatic heterocycles. The Morgan fingerprint density at radius 2 is 2.04 bits per heavy atom. The number of nitrogens with zero attached hydrogens (tertiary/aromatic N) is 1. The highest BCUT2D eigenvalue weighted by Gasteiger charge is 2.29. The monoisotopic (exact) mass is 407 g/mol. The highest BCUT2D eigenvalue weighted by Crippen LogP contribution is 2.25. The molecule has 0 spiro atoms. The second-order valence-electron chi connectivity index (χ2n) is 6.15. The summed E-state index contributed by atoms with van der Waals surface area (Å²) in [6, 6.07) is 5.07. The van der Waals surface area contributed by atoms with E-state index < -0.39 is 0 Å². The van der Waals surface area contributed by atoms with Crippen molar-refractivity contribution in [3.8, 4) is 0 Å². The van der Waals surface area contributed by atoms with Gasteiger partial charge in [-0.15, -0.1) is 12.4 Å². The average molecular weight is 409 g/mol. The van der Waals surface area contributed by atoms with Crippen LogP contribution < -0.4 is 10.6 Å². The molecule has 2 atom stereocenters. The molecule has 1 heterocycles. The van der Waals surface area contributed by atoms with Gasteiger partial charge < -0.3 is 15.5 Å². The molecule has 0 radical (unpaired) electrons. The Morgan fingerprint density at radius 3 is 2.68 bits per heavy atom. The lowest BCUT2D eigenvalue weighted by molar-refractivity contribution is -0.126. The van der Waals surface area contributed by atoms with Gasteiger partial charge in [0, 0.05) is 31.2 Å². The van der Waals surface area contributed by atoms with E-state index in [0.717, 1.165) is 12.8 Å². The van der Waals surface area contributed by atoms with Crippen LogP contribution in [0.4, 0.5) is 0 Å². The number of likely N-dealkylation sites (N-methyl/N-ethyl adjacent to an activating group) is 1. The summed E-state index contributed by atoms with van der Waals surface area (Å²) in [4.78, 5) is 26.6. The molecule has 140 valence electrons. The first-order valence-corrected chi connectivity index (χ1v) is 8.87. The quantitative estimate of drug-likeness (QED) is 0.787. The zero-order valence-corrected chi connectivity index (χ0v) is 16.7. The Balaban J connectivity index is 0.00000312. The molecule has 1 aliphatic heterocycles. The Bertz CT molecular complexity index is 613. The Hall–Kier alpha value is -1.01. The standard InChI is InChI=1S/C17H23Cl2N3O2.ClH/c1-11(20-2)9-21-16(23)13-4-3-7-22(10-13)17(24)12-5-6-14(18)15(19)8-12;/h5-6,8,11,13,20H,3-4,7,9-10H2,1-2H3,(H,21,23);1H. The molecule has 8 heteroatoms. The van der Waals surface area contributed by atoms with Crippen molar-refractivity contribution in [2.24, 2.45) is 5.92 Å². The van der Waals surface area contributed by atoms with Crippen molar-refractivity contribution in [1.29, 1.82) is 0 Å². The third kappa shape index (κ3) is 6.03. The summed E-state index contributed by atoms with van der Waals surface area (Å²) < 4.78 is 0. The maximum Gasteiger partial charge on any atom is 0.253 e. The smallest absolute Gasteiger partial charge is 0.253 e. The summed E-state index contributed by atoms with van der Waals surface area (Å²) >= 11 is 11.9. The predicted octanol–water partition coefficient (Wildman–Crippen LogP) is 2.99. The van der Waals surface area contributed by atoms with Gasteiger partial charge in [-0.1, -0.05) is 23.2 Å². The zero-order chi connectivity index (χ0) is 17.7. The first kappa shape index (κ1) is 22.0. The number of nitrogens with one attached hydrogen (secondary N) is 2. The van der Waals surface area contributed by atoms with Crippen LogP contribution in [0, 0.1) is 5.92 Å². The maximum absolute atomic E-state index is 12.6. The minimum absolute atomic E-state index is 0. The van der Waals surface area contributed by atoms with Gasteiger partial charge in [0.1, 0.15) is 0 Å². The maximum atomic E-state index is 12.6. The van der Waals surface area contributed by atoms with E-state index in [-0.39, 0.29) is 36.2 Å². The summed E-state index contributed by atoms with van der Waals surface area (Å²) in [6.45, 7) is 3.66. The van der Waals surface area contributed by atoms with Crippen LogP contribution in [0.2, 0.25) is 10.0 Å². The number of likely N-dealkylation sites (tertiary alicyclic amines) is 1. The molecule has 1 aromatic carbocycles. The minimum Gasteiger partial charge on any atom is -0.354 e. The molecular weight excluding hydrogens is 385 g/mol. The zero-order valence-electron chi connectivity index (χ0n) is 14.4. The van der Waals surface area contributed by atoms with Crippen molar-refractivity contribution >= 4 is 47.4 Å². The number of benzene rings is 1. The fourth-order valence-corrected chi connectivity index (χ4v) is 2.99. The highest BCUT2D eigenvalue weighted by molar-refractivity contribution is 6.42. The third-order valence-electron chi connectivity index (χ3n) is 4.32. The lowest BCUT2D eigenvalue weighted by Crippen LogP contribution is -2.47. The van der Waals surface area contributed by atoms with E-state index in [2.05, 4.69) is 10.6 Å². The summed E-state index contributed by atoms with van der Waals surface area (Å²) in [5.41, 5.74) is 0.495. The van der Waals surface area contributed by atoms with E-state index in [9.17, 15) is 9.59 Å². The largest absolute Gasteiger partial charge is 0.354 e. The van der Waals surface area contributed by atoms with Crippen LogP contribution in [0.5, 0.6) is 0 Å². The van der Waals surface area contributed by atoms with E-state index in [4.69, 9.17) is 23.2 Å². The van der Waals surface area contributed by atoms with Gasteiger partial charge in [0.2, 0.25) is 5.91 Å². The normalized spacial score (nSPS) is 18.2. The molecule has 0 bridgehead atoms. The number of halogens is 3. The minimum atomic E-state index is -0.172. The van der Waals surface area contributed by atoms with Crippen LogP contribution in [0.25, 0.3) is 0 Å². The van der Waals surface area contributed by atoms with Crippen molar-refractivity contribution in [1.82, 2.24) is 15.5 Å². The predicted molar refractivity (Wildman–Crippen MR) is 104 cm³/mol. The number of amides is 2. The molecule has 1 aromatic rings. The Kier molecular flexibility index (Phi) is 9.00. The first-order valence-electron chi connectivity index (χ1n) is 8.11. The SMILES string of the molecule is CNC(C)CNC(=O)C1CCCN(C(=O)c2ccc(Cl)c(Cl)c2)C1.Cl. The average Bonchev–Trinajstić information content (AvgIpc) is 2.61. The van der Waals surface area contributed by atoms with Crippen molar-refractivity contribution in [2.45, 2.75) is 25.8 Å². The Labute approximate surface area is 164 Å². The molecule has 2 amide bonds. The molecule has 5 nitrogen and oxygen atoms in total. The summed E-state index contributed by atoms with van der Waals surface area (Å²) in [5.74, 6) is -0.284. The topological polar surface area (TPSA) is 61.4 Å². The van der Waals surface area contributed by atoms with Crippen LogP contribution in [-0.2, 0) is 4.79 Å². The summed E-state index contributed by atoms with van der Waals surface area (Å²) in [5, 5.41) is 6.80. The van der Waals surface area contributed by atoms with E-state index in [1.54, 1.807) is 23.1 Å². The van der Waals surface area contributed by atoms with Crippen molar-refractivity contribution < 1.29 is 9.59 Å². The number of hydrogen-bond donors (Lipinski definition) is 2. The van der Waals surface area contributed by atoms with Gasteiger partial charge >= 0.3 is 0 Å². The fourth-order valence-electron chi connectivity index (χ4n) is 2.69. The van der Waals surface area contributed by atoms with E-state index >= 15 is 0 Å². The van der Waals surface area contributed by atoms with Crippen LogP contribution >= 0.6 is 35.6 Å².